The highest BCUT2D eigenvalue weighted by molar-refractivity contribution is 5.94. The molecule has 5 rings (SSSR count). The number of benzene rings is 2. The molecule has 0 atom stereocenters. The summed E-state index contributed by atoms with van der Waals surface area (Å²) in [6, 6.07) is 13.9. The van der Waals surface area contributed by atoms with Gasteiger partial charge >= 0.3 is 0 Å². The molecule has 1 aliphatic heterocycles. The summed E-state index contributed by atoms with van der Waals surface area (Å²) in [7, 11) is 0. The third kappa shape index (κ3) is 4.39. The normalized spacial score (nSPS) is 13.6. The molecule has 1 amide bonds. The van der Waals surface area contributed by atoms with Crippen molar-refractivity contribution in [1.82, 2.24) is 25.2 Å². The van der Waals surface area contributed by atoms with E-state index in [1.807, 2.05) is 44.3 Å². The molecular formula is C27H26FN5O. The van der Waals surface area contributed by atoms with Gasteiger partial charge in [-0.25, -0.2) is 14.4 Å². The molecule has 2 aromatic carbocycles. The van der Waals surface area contributed by atoms with Crippen LogP contribution in [-0.4, -0.2) is 32.3 Å². The van der Waals surface area contributed by atoms with Crippen molar-refractivity contribution in [2.45, 2.75) is 39.9 Å². The van der Waals surface area contributed by atoms with Crippen LogP contribution in [0.4, 0.5) is 4.39 Å². The molecule has 0 saturated carbocycles. The number of carbonyl (C=O) groups excluding carboxylic acids is 1. The molecule has 4 aromatic rings. The summed E-state index contributed by atoms with van der Waals surface area (Å²) in [5, 5.41) is 2.87. The van der Waals surface area contributed by atoms with Crippen molar-refractivity contribution < 1.29 is 9.18 Å². The van der Waals surface area contributed by atoms with Crippen LogP contribution in [0.1, 0.15) is 44.1 Å². The number of carbonyl (C=O) groups is 1. The Hall–Kier alpha value is -3.71. The first-order valence-electron chi connectivity index (χ1n) is 11.4. The van der Waals surface area contributed by atoms with E-state index in [9.17, 15) is 9.18 Å². The number of hydrogen-bond acceptors (Lipinski definition) is 5. The van der Waals surface area contributed by atoms with Crippen LogP contribution < -0.4 is 5.32 Å². The first-order valence-corrected chi connectivity index (χ1v) is 11.4. The Morgan fingerprint density at radius 3 is 2.56 bits per heavy atom. The number of halogens is 1. The monoisotopic (exact) mass is 455 g/mol. The first-order chi connectivity index (χ1) is 16.5. The summed E-state index contributed by atoms with van der Waals surface area (Å²) in [5.41, 5.74) is 8.08. The largest absolute Gasteiger partial charge is 0.348 e. The fourth-order valence-electron chi connectivity index (χ4n) is 4.55. The Bertz CT molecular complexity index is 1390. The van der Waals surface area contributed by atoms with Gasteiger partial charge in [0.25, 0.3) is 5.91 Å². The zero-order valence-corrected chi connectivity index (χ0v) is 19.3. The number of rotatable bonds is 5. The lowest BCUT2D eigenvalue weighted by atomic mass is 9.94. The standard InChI is InChI=1S/C27H26FN5O/c1-17-22(14-30-27(34)21-7-3-4-8-23(21)28)20-11-12-33(15-19(20)13-29-17)16-26-18(2)31-24-9-5-6-10-25(24)32-26/h3-10,13H,11-12,14-16H2,1-2H3,(H,30,34). The van der Waals surface area contributed by atoms with Crippen LogP contribution in [0.15, 0.2) is 54.7 Å². The molecule has 2 aromatic heterocycles. The average molecular weight is 456 g/mol. The number of para-hydroxylation sites is 2. The number of aryl methyl sites for hydroxylation is 2. The van der Waals surface area contributed by atoms with Gasteiger partial charge in [-0.2, -0.15) is 0 Å². The Balaban J connectivity index is 1.32. The summed E-state index contributed by atoms with van der Waals surface area (Å²) in [6.07, 6.45) is 2.78. The van der Waals surface area contributed by atoms with Crippen molar-refractivity contribution in [3.8, 4) is 0 Å². The summed E-state index contributed by atoms with van der Waals surface area (Å²) in [6.45, 7) is 6.63. The lowest BCUT2D eigenvalue weighted by molar-refractivity contribution is 0.0946. The van der Waals surface area contributed by atoms with Crippen molar-refractivity contribution in [2.75, 3.05) is 6.54 Å². The molecular weight excluding hydrogens is 429 g/mol. The van der Waals surface area contributed by atoms with Gasteiger partial charge in [0.1, 0.15) is 5.82 Å². The number of fused-ring (bicyclic) bond motifs is 2. The van der Waals surface area contributed by atoms with Crippen LogP contribution in [0.2, 0.25) is 0 Å². The Morgan fingerprint density at radius 1 is 1.03 bits per heavy atom. The van der Waals surface area contributed by atoms with Crippen molar-refractivity contribution >= 4 is 16.9 Å². The second-order valence-corrected chi connectivity index (χ2v) is 8.69. The predicted octanol–water partition coefficient (Wildman–Crippen LogP) is 4.27. The van der Waals surface area contributed by atoms with Gasteiger partial charge in [0.15, 0.2) is 0 Å². The highest BCUT2D eigenvalue weighted by atomic mass is 19.1. The summed E-state index contributed by atoms with van der Waals surface area (Å²) in [5.74, 6) is -0.939. The molecule has 172 valence electrons. The number of nitrogens with one attached hydrogen (secondary N) is 1. The van der Waals surface area contributed by atoms with Crippen molar-refractivity contribution in [2.24, 2.45) is 0 Å². The lowest BCUT2D eigenvalue weighted by Gasteiger charge is -2.30. The van der Waals surface area contributed by atoms with E-state index in [0.717, 1.165) is 65.3 Å². The first kappa shape index (κ1) is 22.1. The summed E-state index contributed by atoms with van der Waals surface area (Å²) in [4.78, 5) is 29.0. The molecule has 0 aliphatic carbocycles. The van der Waals surface area contributed by atoms with Crippen molar-refractivity contribution in [3.63, 3.8) is 0 Å². The molecule has 0 saturated heterocycles. The molecule has 6 nitrogen and oxygen atoms in total. The average Bonchev–Trinajstić information content (AvgIpc) is 2.84. The highest BCUT2D eigenvalue weighted by Crippen LogP contribution is 2.25. The van der Waals surface area contributed by atoms with Crippen LogP contribution in [-0.2, 0) is 26.1 Å². The maximum atomic E-state index is 14.0. The van der Waals surface area contributed by atoms with Gasteiger partial charge in [-0.1, -0.05) is 24.3 Å². The van der Waals surface area contributed by atoms with Crippen molar-refractivity contribution in [1.29, 1.82) is 0 Å². The zero-order chi connectivity index (χ0) is 23.7. The summed E-state index contributed by atoms with van der Waals surface area (Å²) < 4.78 is 14.0. The molecule has 0 bridgehead atoms. The minimum atomic E-state index is -0.521. The number of nitrogens with zero attached hydrogens (tertiary/aromatic N) is 4. The maximum Gasteiger partial charge on any atom is 0.254 e. The summed E-state index contributed by atoms with van der Waals surface area (Å²) >= 11 is 0. The molecule has 0 unspecified atom stereocenters. The van der Waals surface area contributed by atoms with Gasteiger partial charge in [-0.15, -0.1) is 0 Å². The van der Waals surface area contributed by atoms with E-state index in [4.69, 9.17) is 9.97 Å². The van der Waals surface area contributed by atoms with Gasteiger partial charge < -0.3 is 5.32 Å². The van der Waals surface area contributed by atoms with Gasteiger partial charge in [-0.3, -0.25) is 14.7 Å². The number of pyridine rings is 1. The Morgan fingerprint density at radius 2 is 1.76 bits per heavy atom. The highest BCUT2D eigenvalue weighted by Gasteiger charge is 2.22. The number of hydrogen-bond donors (Lipinski definition) is 1. The predicted molar refractivity (Wildman–Crippen MR) is 129 cm³/mol. The molecule has 3 heterocycles. The van der Waals surface area contributed by atoms with E-state index >= 15 is 0 Å². The van der Waals surface area contributed by atoms with Crippen LogP contribution in [0, 0.1) is 19.7 Å². The third-order valence-corrected chi connectivity index (χ3v) is 6.44. The third-order valence-electron chi connectivity index (χ3n) is 6.44. The minimum Gasteiger partial charge on any atom is -0.348 e. The number of amides is 1. The second-order valence-electron chi connectivity index (χ2n) is 8.69. The molecule has 0 spiro atoms. The second kappa shape index (κ2) is 9.27. The Kier molecular flexibility index (Phi) is 6.02. The molecule has 1 N–H and O–H groups in total. The van der Waals surface area contributed by atoms with Gasteiger partial charge in [0.05, 0.1) is 28.0 Å². The van der Waals surface area contributed by atoms with E-state index in [0.29, 0.717) is 6.54 Å². The van der Waals surface area contributed by atoms with Gasteiger partial charge in [-0.05, 0) is 61.2 Å². The van der Waals surface area contributed by atoms with E-state index in [-0.39, 0.29) is 5.56 Å². The van der Waals surface area contributed by atoms with E-state index < -0.39 is 11.7 Å². The minimum absolute atomic E-state index is 0.0518. The van der Waals surface area contributed by atoms with Gasteiger partial charge in [0, 0.05) is 38.1 Å². The van der Waals surface area contributed by atoms with Crippen LogP contribution in [0.5, 0.6) is 0 Å². The quantitative estimate of drug-likeness (QED) is 0.487. The van der Waals surface area contributed by atoms with E-state index in [2.05, 4.69) is 15.2 Å². The van der Waals surface area contributed by atoms with E-state index in [1.54, 1.807) is 12.1 Å². The maximum absolute atomic E-state index is 14.0. The fourth-order valence-corrected chi connectivity index (χ4v) is 4.55. The Labute approximate surface area is 197 Å². The van der Waals surface area contributed by atoms with Crippen LogP contribution in [0.3, 0.4) is 0 Å². The van der Waals surface area contributed by atoms with Crippen molar-refractivity contribution in [3.05, 3.63) is 99.9 Å². The fraction of sp³-hybridized carbons (Fsp3) is 0.259. The number of aromatic nitrogens is 3. The van der Waals surface area contributed by atoms with Crippen LogP contribution in [0.25, 0.3) is 11.0 Å². The topological polar surface area (TPSA) is 71.0 Å². The molecule has 0 fully saturated rings. The SMILES string of the molecule is Cc1nc2ccccc2nc1CN1CCc2c(cnc(C)c2CNC(=O)c2ccccc2F)C1. The molecule has 1 aliphatic rings. The lowest BCUT2D eigenvalue weighted by Crippen LogP contribution is -2.33. The van der Waals surface area contributed by atoms with Crippen LogP contribution >= 0.6 is 0 Å². The molecule has 34 heavy (non-hydrogen) atoms. The van der Waals surface area contributed by atoms with E-state index in [1.165, 1.54) is 17.7 Å². The van der Waals surface area contributed by atoms with Gasteiger partial charge in [0.2, 0.25) is 0 Å². The molecule has 7 heteroatoms. The zero-order valence-electron chi connectivity index (χ0n) is 19.3. The molecule has 0 radical (unpaired) electrons. The smallest absolute Gasteiger partial charge is 0.254 e.